The van der Waals surface area contributed by atoms with Gasteiger partial charge in [-0.1, -0.05) is 29.8 Å². The predicted molar refractivity (Wildman–Crippen MR) is 106 cm³/mol. The number of anilines is 1. The third kappa shape index (κ3) is 2.80. The minimum absolute atomic E-state index is 0.246. The van der Waals surface area contributed by atoms with E-state index in [1.54, 1.807) is 10.9 Å². The van der Waals surface area contributed by atoms with Gasteiger partial charge in [-0.3, -0.25) is 0 Å². The lowest BCUT2D eigenvalue weighted by Crippen LogP contribution is -2.04. The van der Waals surface area contributed by atoms with Gasteiger partial charge in [-0.05, 0) is 30.7 Å². The van der Waals surface area contributed by atoms with E-state index in [-0.39, 0.29) is 6.79 Å². The Morgan fingerprint density at radius 2 is 2.11 bits per heavy atom. The summed E-state index contributed by atoms with van der Waals surface area (Å²) >= 11 is 6.17. The molecule has 8 heteroatoms. The van der Waals surface area contributed by atoms with Crippen molar-refractivity contribution in [2.75, 3.05) is 12.1 Å². The summed E-state index contributed by atoms with van der Waals surface area (Å²) in [6, 6.07) is 11.5. The maximum absolute atomic E-state index is 6.17. The lowest BCUT2D eigenvalue weighted by molar-refractivity contribution is 0.173. The van der Waals surface area contributed by atoms with Crippen LogP contribution in [-0.2, 0) is 6.54 Å². The second kappa shape index (κ2) is 6.69. The van der Waals surface area contributed by atoms with Crippen LogP contribution in [0.2, 0.25) is 5.02 Å². The molecule has 0 saturated heterocycles. The summed E-state index contributed by atoms with van der Waals surface area (Å²) in [5.74, 6) is 2.23. The molecule has 1 aliphatic heterocycles. The van der Waals surface area contributed by atoms with Gasteiger partial charge in [-0.25, -0.2) is 14.6 Å². The molecule has 0 bridgehead atoms. The average Bonchev–Trinajstić information content (AvgIpc) is 3.35. The van der Waals surface area contributed by atoms with Crippen LogP contribution < -0.4 is 14.8 Å². The highest BCUT2D eigenvalue weighted by molar-refractivity contribution is 6.30. The van der Waals surface area contributed by atoms with Crippen molar-refractivity contribution in [1.82, 2.24) is 19.7 Å². The van der Waals surface area contributed by atoms with Crippen molar-refractivity contribution in [1.29, 1.82) is 0 Å². The molecule has 0 atom stereocenters. The smallest absolute Gasteiger partial charge is 0.231 e. The van der Waals surface area contributed by atoms with Gasteiger partial charge in [0.25, 0.3) is 0 Å². The van der Waals surface area contributed by atoms with E-state index in [9.17, 15) is 0 Å². The van der Waals surface area contributed by atoms with Crippen LogP contribution in [0.15, 0.2) is 48.9 Å². The molecule has 2 aromatic carbocycles. The molecule has 28 heavy (non-hydrogen) atoms. The summed E-state index contributed by atoms with van der Waals surface area (Å²) in [6.07, 6.45) is 3.28. The molecule has 0 radical (unpaired) electrons. The van der Waals surface area contributed by atoms with Gasteiger partial charge in [0, 0.05) is 17.1 Å². The Kier molecular flexibility index (Phi) is 4.02. The third-order valence-corrected chi connectivity index (χ3v) is 4.92. The number of fused-ring (bicyclic) bond motifs is 2. The zero-order valence-electron chi connectivity index (χ0n) is 15.0. The van der Waals surface area contributed by atoms with Crippen molar-refractivity contribution in [3.8, 4) is 17.2 Å². The fourth-order valence-electron chi connectivity index (χ4n) is 3.28. The van der Waals surface area contributed by atoms with Crippen molar-refractivity contribution in [2.45, 2.75) is 13.5 Å². The number of hydrogen-bond acceptors (Lipinski definition) is 6. The quantitative estimate of drug-likeness (QED) is 0.562. The SMILES string of the molecule is Cc1ccc(Cl)cc1-n1ncc2c(NCc3cccc4c3OCO4)ncnc21. The van der Waals surface area contributed by atoms with Crippen LogP contribution in [-0.4, -0.2) is 26.5 Å². The second-order valence-corrected chi connectivity index (χ2v) is 6.89. The normalized spacial score (nSPS) is 12.5. The van der Waals surface area contributed by atoms with Gasteiger partial charge in [0.2, 0.25) is 6.79 Å². The summed E-state index contributed by atoms with van der Waals surface area (Å²) in [4.78, 5) is 8.81. The fraction of sp³-hybridized carbons (Fsp3) is 0.150. The minimum Gasteiger partial charge on any atom is -0.454 e. The molecule has 7 nitrogen and oxygen atoms in total. The van der Waals surface area contributed by atoms with Crippen LogP contribution >= 0.6 is 11.6 Å². The van der Waals surface area contributed by atoms with Crippen LogP contribution in [0.1, 0.15) is 11.1 Å². The lowest BCUT2D eigenvalue weighted by atomic mass is 10.2. The highest BCUT2D eigenvalue weighted by Gasteiger charge is 2.18. The Morgan fingerprint density at radius 3 is 3.04 bits per heavy atom. The molecule has 5 rings (SSSR count). The molecule has 0 amide bonds. The van der Waals surface area contributed by atoms with Crippen LogP contribution in [0.4, 0.5) is 5.82 Å². The number of benzene rings is 2. The van der Waals surface area contributed by atoms with E-state index < -0.39 is 0 Å². The molecule has 2 aromatic heterocycles. The number of rotatable bonds is 4. The summed E-state index contributed by atoms with van der Waals surface area (Å²) in [6.45, 7) is 2.80. The summed E-state index contributed by atoms with van der Waals surface area (Å²) in [5, 5.41) is 9.35. The second-order valence-electron chi connectivity index (χ2n) is 6.45. The first-order chi connectivity index (χ1) is 13.7. The monoisotopic (exact) mass is 393 g/mol. The Labute approximate surface area is 165 Å². The number of hydrogen-bond donors (Lipinski definition) is 1. The van der Waals surface area contributed by atoms with Crippen LogP contribution in [0, 0.1) is 6.92 Å². The van der Waals surface area contributed by atoms with Crippen LogP contribution in [0.3, 0.4) is 0 Å². The van der Waals surface area contributed by atoms with Crippen LogP contribution in [0.5, 0.6) is 11.5 Å². The molecule has 0 unspecified atom stereocenters. The number of aryl methyl sites for hydroxylation is 1. The van der Waals surface area contributed by atoms with E-state index in [2.05, 4.69) is 20.4 Å². The maximum Gasteiger partial charge on any atom is 0.231 e. The highest BCUT2D eigenvalue weighted by Crippen LogP contribution is 2.35. The van der Waals surface area contributed by atoms with Gasteiger partial charge < -0.3 is 14.8 Å². The molecular formula is C20H16ClN5O2. The topological polar surface area (TPSA) is 74.1 Å². The standard InChI is InChI=1S/C20H16ClN5O2/c1-12-5-6-14(21)7-16(12)26-20-15(9-25-26)19(23-10-24-20)22-8-13-3-2-4-17-18(13)28-11-27-17/h2-7,9-10H,8,11H2,1H3,(H,22,23,24). The molecule has 3 heterocycles. The molecule has 0 spiro atoms. The maximum atomic E-state index is 6.17. The Morgan fingerprint density at radius 1 is 1.18 bits per heavy atom. The van der Waals surface area contributed by atoms with E-state index >= 15 is 0 Å². The molecule has 140 valence electrons. The molecule has 0 saturated carbocycles. The highest BCUT2D eigenvalue weighted by atomic mass is 35.5. The minimum atomic E-state index is 0.246. The van der Waals surface area contributed by atoms with Crippen molar-refractivity contribution >= 4 is 28.5 Å². The molecule has 4 aromatic rings. The zero-order chi connectivity index (χ0) is 19.1. The largest absolute Gasteiger partial charge is 0.454 e. The Bertz CT molecular complexity index is 1190. The lowest BCUT2D eigenvalue weighted by Gasteiger charge is -2.10. The van der Waals surface area contributed by atoms with Gasteiger partial charge in [0.1, 0.15) is 12.1 Å². The molecule has 1 aliphatic rings. The third-order valence-electron chi connectivity index (χ3n) is 4.69. The predicted octanol–water partition coefficient (Wildman–Crippen LogP) is 4.12. The average molecular weight is 394 g/mol. The molecular weight excluding hydrogens is 378 g/mol. The summed E-state index contributed by atoms with van der Waals surface area (Å²) in [5.41, 5.74) is 3.65. The van der Waals surface area contributed by atoms with Gasteiger partial charge in [-0.2, -0.15) is 5.10 Å². The Hall–Kier alpha value is -3.32. The van der Waals surface area contributed by atoms with Crippen molar-refractivity contribution in [2.24, 2.45) is 0 Å². The van der Waals surface area contributed by atoms with E-state index in [1.165, 1.54) is 6.33 Å². The number of halogens is 1. The first-order valence-electron chi connectivity index (χ1n) is 8.77. The molecule has 0 fully saturated rings. The van der Waals surface area contributed by atoms with Gasteiger partial charge in [0.05, 0.1) is 17.3 Å². The van der Waals surface area contributed by atoms with Crippen molar-refractivity contribution in [3.05, 3.63) is 65.1 Å². The molecule has 1 N–H and O–H groups in total. The number of ether oxygens (including phenoxy) is 2. The van der Waals surface area contributed by atoms with Crippen LogP contribution in [0.25, 0.3) is 16.7 Å². The Balaban J connectivity index is 1.49. The first kappa shape index (κ1) is 16.8. The fourth-order valence-corrected chi connectivity index (χ4v) is 3.45. The number of para-hydroxylation sites is 1. The van der Waals surface area contributed by atoms with Gasteiger partial charge in [0.15, 0.2) is 17.1 Å². The molecule has 0 aliphatic carbocycles. The van der Waals surface area contributed by atoms with Gasteiger partial charge in [-0.15, -0.1) is 0 Å². The summed E-state index contributed by atoms with van der Waals surface area (Å²) < 4.78 is 12.8. The van der Waals surface area contributed by atoms with Gasteiger partial charge >= 0.3 is 0 Å². The number of aromatic nitrogens is 4. The van der Waals surface area contributed by atoms with Crippen molar-refractivity contribution < 1.29 is 9.47 Å². The van der Waals surface area contributed by atoms with E-state index in [0.29, 0.717) is 23.0 Å². The summed E-state index contributed by atoms with van der Waals surface area (Å²) in [7, 11) is 0. The van der Waals surface area contributed by atoms with E-state index in [4.69, 9.17) is 21.1 Å². The first-order valence-corrected chi connectivity index (χ1v) is 9.15. The van der Waals surface area contributed by atoms with E-state index in [0.717, 1.165) is 33.7 Å². The van der Waals surface area contributed by atoms with E-state index in [1.807, 2.05) is 43.3 Å². The zero-order valence-corrected chi connectivity index (χ0v) is 15.8. The van der Waals surface area contributed by atoms with Crippen molar-refractivity contribution in [3.63, 3.8) is 0 Å². The number of nitrogens with one attached hydrogen (secondary N) is 1. The number of nitrogens with zero attached hydrogens (tertiary/aromatic N) is 4.